The maximum absolute atomic E-state index is 10.8. The largest absolute Gasteiger partial charge is 0.385 e. The lowest BCUT2D eigenvalue weighted by atomic mass is 10.0. The summed E-state index contributed by atoms with van der Waals surface area (Å²) >= 11 is 3.23. The number of Topliss-reactive ketones (excluding diaryl/α,β-unsaturated/α-hetero) is 1. The number of aliphatic hydroxyl groups is 2. The van der Waals surface area contributed by atoms with Gasteiger partial charge in [0.1, 0.15) is 12.2 Å². The highest BCUT2D eigenvalue weighted by Gasteiger charge is 2.23. The van der Waals surface area contributed by atoms with E-state index in [1.54, 1.807) is 24.3 Å². The maximum Gasteiger partial charge on any atom is 0.161 e. The van der Waals surface area contributed by atoms with E-state index in [9.17, 15) is 15.0 Å². The molecule has 0 bridgehead atoms. The van der Waals surface area contributed by atoms with Crippen LogP contribution in [0.4, 0.5) is 0 Å². The summed E-state index contributed by atoms with van der Waals surface area (Å²) in [5, 5.41) is 19.0. The molecule has 76 valence electrons. The van der Waals surface area contributed by atoms with Crippen LogP contribution in [-0.4, -0.2) is 22.1 Å². The highest BCUT2D eigenvalue weighted by atomic mass is 79.9. The monoisotopic (exact) mass is 258 g/mol. The zero-order valence-electron chi connectivity index (χ0n) is 7.64. The first-order valence-corrected chi connectivity index (χ1v) is 4.94. The fraction of sp³-hybridized carbons (Fsp3) is 0.300. The summed E-state index contributed by atoms with van der Waals surface area (Å²) < 4.78 is 0.674. The maximum atomic E-state index is 10.8. The molecule has 0 fully saturated rings. The van der Waals surface area contributed by atoms with Crippen molar-refractivity contribution >= 4 is 21.7 Å². The summed E-state index contributed by atoms with van der Waals surface area (Å²) in [4.78, 5) is 10.8. The van der Waals surface area contributed by atoms with Crippen LogP contribution in [-0.2, 0) is 4.79 Å². The Morgan fingerprint density at radius 1 is 1.36 bits per heavy atom. The second-order valence-electron chi connectivity index (χ2n) is 3.02. The number of rotatable bonds is 3. The highest BCUT2D eigenvalue weighted by Crippen LogP contribution is 2.25. The van der Waals surface area contributed by atoms with Gasteiger partial charge in [-0.15, -0.1) is 0 Å². The number of carbonyl (C=O) groups is 1. The van der Waals surface area contributed by atoms with Gasteiger partial charge in [-0.25, -0.2) is 0 Å². The Bertz CT molecular complexity index is 338. The van der Waals surface area contributed by atoms with Gasteiger partial charge in [0.2, 0.25) is 0 Å². The lowest BCUT2D eigenvalue weighted by Gasteiger charge is -2.16. The van der Waals surface area contributed by atoms with Gasteiger partial charge in [0, 0.05) is 4.47 Å². The molecule has 1 aromatic rings. The van der Waals surface area contributed by atoms with Crippen molar-refractivity contribution < 1.29 is 15.0 Å². The van der Waals surface area contributed by atoms with Crippen LogP contribution in [0.15, 0.2) is 28.7 Å². The zero-order chi connectivity index (χ0) is 10.7. The molecular weight excluding hydrogens is 248 g/mol. The summed E-state index contributed by atoms with van der Waals surface area (Å²) in [6.45, 7) is 1.24. The van der Waals surface area contributed by atoms with Gasteiger partial charge in [-0.1, -0.05) is 34.1 Å². The summed E-state index contributed by atoms with van der Waals surface area (Å²) in [6, 6.07) is 6.92. The average molecular weight is 259 g/mol. The van der Waals surface area contributed by atoms with Gasteiger partial charge in [-0.05, 0) is 18.6 Å². The molecule has 0 aromatic heterocycles. The van der Waals surface area contributed by atoms with Crippen LogP contribution in [0.1, 0.15) is 18.6 Å². The van der Waals surface area contributed by atoms with Crippen LogP contribution >= 0.6 is 15.9 Å². The molecule has 0 aliphatic carbocycles. The number of aliphatic hydroxyl groups excluding tert-OH is 2. The van der Waals surface area contributed by atoms with E-state index in [1.807, 2.05) is 0 Å². The quantitative estimate of drug-likeness (QED) is 0.863. The van der Waals surface area contributed by atoms with E-state index in [2.05, 4.69) is 15.9 Å². The van der Waals surface area contributed by atoms with E-state index in [0.29, 0.717) is 10.0 Å². The molecule has 0 aliphatic heterocycles. The Morgan fingerprint density at radius 3 is 2.43 bits per heavy atom. The van der Waals surface area contributed by atoms with E-state index < -0.39 is 18.0 Å². The standard InChI is InChI=1S/C10H11BrO3/c1-6(12)9(13)10(14)7-4-2-3-5-8(7)11/h2-5,9-10,13-14H,1H3/t9-,10-/m1/s1. The fourth-order valence-corrected chi connectivity index (χ4v) is 1.63. The third kappa shape index (κ3) is 2.41. The van der Waals surface area contributed by atoms with Crippen molar-refractivity contribution in [3.8, 4) is 0 Å². The van der Waals surface area contributed by atoms with E-state index in [-0.39, 0.29) is 0 Å². The molecule has 0 spiro atoms. The predicted molar refractivity (Wildman–Crippen MR) is 55.8 cm³/mol. The predicted octanol–water partition coefficient (Wildman–Crippen LogP) is 1.43. The molecule has 2 atom stereocenters. The Morgan fingerprint density at radius 2 is 1.93 bits per heavy atom. The van der Waals surface area contributed by atoms with Crippen molar-refractivity contribution in [1.82, 2.24) is 0 Å². The van der Waals surface area contributed by atoms with Crippen molar-refractivity contribution in [2.45, 2.75) is 19.1 Å². The van der Waals surface area contributed by atoms with E-state index in [4.69, 9.17) is 0 Å². The molecule has 0 amide bonds. The molecule has 2 N–H and O–H groups in total. The van der Waals surface area contributed by atoms with Crippen molar-refractivity contribution in [2.24, 2.45) is 0 Å². The lowest BCUT2D eigenvalue weighted by Crippen LogP contribution is -2.25. The molecule has 0 heterocycles. The van der Waals surface area contributed by atoms with Crippen LogP contribution in [0.2, 0.25) is 0 Å². The van der Waals surface area contributed by atoms with Crippen molar-refractivity contribution in [1.29, 1.82) is 0 Å². The fourth-order valence-electron chi connectivity index (χ4n) is 1.11. The first kappa shape index (κ1) is 11.4. The first-order chi connectivity index (χ1) is 6.54. The number of hydrogen-bond donors (Lipinski definition) is 2. The number of carbonyl (C=O) groups excluding carboxylic acids is 1. The van der Waals surface area contributed by atoms with E-state index in [1.165, 1.54) is 6.92 Å². The minimum Gasteiger partial charge on any atom is -0.385 e. The topological polar surface area (TPSA) is 57.5 Å². The summed E-state index contributed by atoms with van der Waals surface area (Å²) in [7, 11) is 0. The molecule has 0 saturated carbocycles. The summed E-state index contributed by atoms with van der Waals surface area (Å²) in [5.74, 6) is -0.451. The van der Waals surface area contributed by atoms with Gasteiger partial charge in [-0.3, -0.25) is 4.79 Å². The number of ketones is 1. The Hall–Kier alpha value is -0.710. The minimum absolute atomic E-state index is 0.451. The Kier molecular flexibility index (Phi) is 3.80. The lowest BCUT2D eigenvalue weighted by molar-refractivity contribution is -0.130. The van der Waals surface area contributed by atoms with Gasteiger partial charge < -0.3 is 10.2 Å². The average Bonchev–Trinajstić information content (AvgIpc) is 2.16. The molecule has 3 nitrogen and oxygen atoms in total. The Labute approximate surface area is 90.5 Å². The molecule has 0 saturated heterocycles. The minimum atomic E-state index is -1.37. The second-order valence-corrected chi connectivity index (χ2v) is 3.88. The highest BCUT2D eigenvalue weighted by molar-refractivity contribution is 9.10. The second kappa shape index (κ2) is 4.68. The smallest absolute Gasteiger partial charge is 0.161 e. The molecule has 1 aromatic carbocycles. The molecule has 14 heavy (non-hydrogen) atoms. The third-order valence-electron chi connectivity index (χ3n) is 1.94. The summed E-state index contributed by atoms with van der Waals surface area (Å²) in [6.07, 6.45) is -2.54. The SMILES string of the molecule is CC(=O)[C@@H](O)[C@H](O)c1ccccc1Br. The number of halogens is 1. The molecular formula is C10H11BrO3. The molecule has 0 radical (unpaired) electrons. The van der Waals surface area contributed by atoms with Crippen molar-refractivity contribution in [2.75, 3.05) is 0 Å². The van der Waals surface area contributed by atoms with Crippen LogP contribution in [0.5, 0.6) is 0 Å². The van der Waals surface area contributed by atoms with Crippen molar-refractivity contribution in [3.05, 3.63) is 34.3 Å². The van der Waals surface area contributed by atoms with Gasteiger partial charge in [0.25, 0.3) is 0 Å². The van der Waals surface area contributed by atoms with E-state index >= 15 is 0 Å². The molecule has 4 heteroatoms. The van der Waals surface area contributed by atoms with Gasteiger partial charge in [0.05, 0.1) is 0 Å². The van der Waals surface area contributed by atoms with Crippen molar-refractivity contribution in [3.63, 3.8) is 0 Å². The van der Waals surface area contributed by atoms with E-state index in [0.717, 1.165) is 0 Å². The number of hydrogen-bond acceptors (Lipinski definition) is 3. The van der Waals surface area contributed by atoms with Gasteiger partial charge in [-0.2, -0.15) is 0 Å². The molecule has 1 rings (SSSR count). The molecule has 0 aliphatic rings. The van der Waals surface area contributed by atoms with Gasteiger partial charge in [0.15, 0.2) is 5.78 Å². The van der Waals surface area contributed by atoms with Gasteiger partial charge >= 0.3 is 0 Å². The zero-order valence-corrected chi connectivity index (χ0v) is 9.23. The van der Waals surface area contributed by atoms with Crippen LogP contribution in [0.3, 0.4) is 0 Å². The third-order valence-corrected chi connectivity index (χ3v) is 2.66. The number of benzene rings is 1. The van der Waals surface area contributed by atoms with Crippen LogP contribution < -0.4 is 0 Å². The molecule has 0 unspecified atom stereocenters. The normalized spacial score (nSPS) is 14.9. The van der Waals surface area contributed by atoms with Crippen LogP contribution in [0.25, 0.3) is 0 Å². The first-order valence-electron chi connectivity index (χ1n) is 4.15. The summed E-state index contributed by atoms with van der Waals surface area (Å²) in [5.41, 5.74) is 0.509. The Balaban J connectivity index is 2.94. The van der Waals surface area contributed by atoms with Crippen LogP contribution in [0, 0.1) is 0 Å².